The number of aliphatic imine (C=N–C) groups is 1. The number of carbonyl (C=O) groups excluding carboxylic acids is 2. The van der Waals surface area contributed by atoms with E-state index in [0.29, 0.717) is 6.07 Å². The van der Waals surface area contributed by atoms with Crippen molar-refractivity contribution in [2.45, 2.75) is 96.3 Å². The van der Waals surface area contributed by atoms with E-state index < -0.39 is 94.9 Å². The highest BCUT2D eigenvalue weighted by molar-refractivity contribution is 7.81. The largest absolute Gasteiger partial charge is 0.408 e. The van der Waals surface area contributed by atoms with Crippen LogP contribution in [-0.4, -0.2) is 85.8 Å². The Morgan fingerprint density at radius 2 is 1.80 bits per heavy atom. The molecule has 1 aliphatic rings. The number of pyridine rings is 1. The van der Waals surface area contributed by atoms with E-state index in [2.05, 4.69) is 15.3 Å². The van der Waals surface area contributed by atoms with Gasteiger partial charge < -0.3 is 20.6 Å². The maximum atomic E-state index is 14.1. The second-order valence-electron chi connectivity index (χ2n) is 10.6. The molecule has 8 nitrogen and oxygen atoms in total. The normalized spacial score (nSPS) is 20.0. The first-order valence-electron chi connectivity index (χ1n) is 12.5. The monoisotopic (exact) mass is 615 g/mol. The first-order chi connectivity index (χ1) is 18.5. The number of aliphatic hydroxyl groups is 1. The van der Waals surface area contributed by atoms with Crippen molar-refractivity contribution < 1.29 is 45.4 Å². The number of likely N-dealkylation sites (tertiary alicyclic amines) is 1. The van der Waals surface area contributed by atoms with E-state index in [1.807, 2.05) is 5.32 Å². The number of alkyl halides is 7. The maximum Gasteiger partial charge on any atom is 0.408 e. The lowest BCUT2D eigenvalue weighted by molar-refractivity contribution is -0.138. The Morgan fingerprint density at radius 1 is 1.22 bits per heavy atom. The summed E-state index contributed by atoms with van der Waals surface area (Å²) in [5.41, 5.74) is -3.13. The molecule has 2 heterocycles. The molecule has 2 rings (SSSR count). The highest BCUT2D eigenvalue weighted by atomic mass is 32.1. The first-order valence-corrected chi connectivity index (χ1v) is 12.9. The standard InChI is InChI=1S/C25H32F7N5O3S/c1-11-8-24(28,29)10-37(11)22(39)18(34-12(2)21(38)36-13(3)23(5,6)40)19(41)16-9-33-17(7-15(16)20(26)27)35-14(4)25(30,31)32/h7,9,11,13-14,18,20,40H,8,10H2,1-6H3,(H,33,35)(H,36,38)/t11-,13+,14-,18?/m0/s1. The predicted octanol–water partition coefficient (Wildman–Crippen LogP) is 4.46. The topological polar surface area (TPSA) is 107 Å². The summed E-state index contributed by atoms with van der Waals surface area (Å²) >= 11 is 5.31. The van der Waals surface area contributed by atoms with E-state index in [0.717, 1.165) is 18.0 Å². The van der Waals surface area contributed by atoms with Crippen LogP contribution in [0.3, 0.4) is 0 Å². The predicted molar refractivity (Wildman–Crippen MR) is 142 cm³/mol. The quantitative estimate of drug-likeness (QED) is 0.155. The maximum absolute atomic E-state index is 14.1. The van der Waals surface area contributed by atoms with Crippen LogP contribution in [-0.2, 0) is 9.59 Å². The number of halogens is 7. The summed E-state index contributed by atoms with van der Waals surface area (Å²) < 4.78 is 95.1. The number of rotatable bonds is 10. The van der Waals surface area contributed by atoms with Gasteiger partial charge in [-0.3, -0.25) is 14.6 Å². The molecular formula is C25H32F7N5O3S. The molecule has 3 N–H and O–H groups in total. The lowest BCUT2D eigenvalue weighted by atomic mass is 10.00. The van der Waals surface area contributed by atoms with Crippen molar-refractivity contribution in [2.75, 3.05) is 11.9 Å². The van der Waals surface area contributed by atoms with Crippen LogP contribution >= 0.6 is 12.2 Å². The number of anilines is 1. The molecule has 1 unspecified atom stereocenters. The molecule has 2 amide bonds. The average Bonchev–Trinajstić information content (AvgIpc) is 3.11. The number of carbonyl (C=O) groups is 2. The molecule has 230 valence electrons. The van der Waals surface area contributed by atoms with Crippen molar-refractivity contribution in [3.8, 4) is 0 Å². The summed E-state index contributed by atoms with van der Waals surface area (Å²) in [5.74, 6) is -5.73. The van der Waals surface area contributed by atoms with Crippen LogP contribution in [0.25, 0.3) is 0 Å². The summed E-state index contributed by atoms with van der Waals surface area (Å²) in [6.45, 7) is 6.62. The van der Waals surface area contributed by atoms with Gasteiger partial charge in [-0.15, -0.1) is 0 Å². The average molecular weight is 616 g/mol. The van der Waals surface area contributed by atoms with Crippen molar-refractivity contribution in [2.24, 2.45) is 4.99 Å². The number of nitrogens with zero attached hydrogens (tertiary/aromatic N) is 3. The first kappa shape index (κ1) is 34.3. The Morgan fingerprint density at radius 3 is 2.27 bits per heavy atom. The summed E-state index contributed by atoms with van der Waals surface area (Å²) in [6.07, 6.45) is -7.94. The van der Waals surface area contributed by atoms with E-state index in [1.54, 1.807) is 0 Å². The van der Waals surface area contributed by atoms with Crippen molar-refractivity contribution in [3.05, 3.63) is 23.4 Å². The zero-order valence-corrected chi connectivity index (χ0v) is 23.9. The molecule has 41 heavy (non-hydrogen) atoms. The molecule has 0 spiro atoms. The van der Waals surface area contributed by atoms with E-state index in [9.17, 15) is 45.4 Å². The lowest BCUT2D eigenvalue weighted by Crippen LogP contribution is -2.49. The second kappa shape index (κ2) is 12.5. The van der Waals surface area contributed by atoms with Gasteiger partial charge in [0, 0.05) is 29.8 Å². The smallest absolute Gasteiger partial charge is 0.388 e. The van der Waals surface area contributed by atoms with Crippen LogP contribution in [0, 0.1) is 0 Å². The molecule has 1 aliphatic heterocycles. The van der Waals surface area contributed by atoms with Crippen molar-refractivity contribution in [1.82, 2.24) is 15.2 Å². The van der Waals surface area contributed by atoms with Gasteiger partial charge in [0.25, 0.3) is 24.2 Å². The molecule has 0 saturated carbocycles. The van der Waals surface area contributed by atoms with Gasteiger partial charge in [0.2, 0.25) is 0 Å². The summed E-state index contributed by atoms with van der Waals surface area (Å²) in [5, 5.41) is 14.5. The zero-order valence-electron chi connectivity index (χ0n) is 23.1. The van der Waals surface area contributed by atoms with Gasteiger partial charge in [0.05, 0.1) is 28.8 Å². The third-order valence-corrected chi connectivity index (χ3v) is 7.09. The molecule has 1 saturated heterocycles. The minimum atomic E-state index is -4.71. The highest BCUT2D eigenvalue weighted by Crippen LogP contribution is 2.34. The van der Waals surface area contributed by atoms with Gasteiger partial charge in [0.15, 0.2) is 6.04 Å². The van der Waals surface area contributed by atoms with E-state index >= 15 is 0 Å². The van der Waals surface area contributed by atoms with Crippen LogP contribution in [0.4, 0.5) is 36.6 Å². The number of nitrogens with one attached hydrogen (secondary N) is 2. The van der Waals surface area contributed by atoms with Crippen LogP contribution in [0.15, 0.2) is 17.3 Å². The van der Waals surface area contributed by atoms with E-state index in [-0.39, 0.29) is 5.71 Å². The highest BCUT2D eigenvalue weighted by Gasteiger charge is 2.47. The van der Waals surface area contributed by atoms with Crippen LogP contribution in [0.5, 0.6) is 0 Å². The molecule has 0 aliphatic carbocycles. The second-order valence-corrected chi connectivity index (χ2v) is 11.0. The fourth-order valence-electron chi connectivity index (χ4n) is 3.81. The molecule has 1 fully saturated rings. The summed E-state index contributed by atoms with van der Waals surface area (Å²) in [4.78, 5) is 34.1. The third-order valence-electron chi connectivity index (χ3n) is 6.64. The molecular weight excluding hydrogens is 583 g/mol. The molecule has 0 aromatic carbocycles. The Hall–Kier alpha value is -2.88. The minimum absolute atomic E-state index is 0.371. The summed E-state index contributed by atoms with van der Waals surface area (Å²) in [6, 6.07) is -5.19. The van der Waals surface area contributed by atoms with Crippen LogP contribution < -0.4 is 10.6 Å². The van der Waals surface area contributed by atoms with Gasteiger partial charge in [-0.25, -0.2) is 22.5 Å². The van der Waals surface area contributed by atoms with Crippen molar-refractivity contribution in [3.63, 3.8) is 0 Å². The van der Waals surface area contributed by atoms with Crippen LogP contribution in [0.2, 0.25) is 0 Å². The fourth-order valence-corrected chi connectivity index (χ4v) is 4.13. The molecule has 0 bridgehead atoms. The van der Waals surface area contributed by atoms with Gasteiger partial charge in [-0.2, -0.15) is 13.2 Å². The Labute approximate surface area is 237 Å². The zero-order chi connectivity index (χ0) is 31.7. The van der Waals surface area contributed by atoms with E-state index in [4.69, 9.17) is 12.2 Å². The number of hydrogen-bond donors (Lipinski definition) is 3. The molecule has 0 radical (unpaired) electrons. The van der Waals surface area contributed by atoms with Gasteiger partial charge >= 0.3 is 6.18 Å². The minimum Gasteiger partial charge on any atom is -0.388 e. The molecule has 16 heteroatoms. The van der Waals surface area contributed by atoms with Gasteiger partial charge in [0.1, 0.15) is 11.9 Å². The number of aromatic nitrogens is 1. The molecule has 4 atom stereocenters. The molecule has 1 aromatic heterocycles. The Balaban J connectivity index is 2.56. The Kier molecular flexibility index (Phi) is 10.5. The summed E-state index contributed by atoms with van der Waals surface area (Å²) in [7, 11) is 0. The van der Waals surface area contributed by atoms with Gasteiger partial charge in [-0.1, -0.05) is 12.2 Å². The fraction of sp³-hybridized carbons (Fsp3) is 0.640. The van der Waals surface area contributed by atoms with Crippen LogP contribution in [0.1, 0.15) is 65.5 Å². The van der Waals surface area contributed by atoms with Gasteiger partial charge in [-0.05, 0) is 47.6 Å². The Bertz CT molecular complexity index is 1190. The van der Waals surface area contributed by atoms with E-state index in [1.165, 1.54) is 34.6 Å². The number of amides is 2. The lowest BCUT2D eigenvalue weighted by Gasteiger charge is -2.28. The van der Waals surface area contributed by atoms with Crippen molar-refractivity contribution in [1.29, 1.82) is 0 Å². The van der Waals surface area contributed by atoms with Crippen molar-refractivity contribution >= 4 is 40.4 Å². The third kappa shape index (κ3) is 8.80. The number of hydrogen-bond acceptors (Lipinski definition) is 7. The SMILES string of the molecule is CC(=NC(C(=O)N1CC(F)(F)C[C@@H]1C)C(=S)c1cnc(N[C@@H](C)C(F)(F)F)cc1C(F)F)C(=O)N[C@H](C)C(C)(C)O. The molecule has 1 aromatic rings. The number of thiocarbonyl (C=S) groups is 1.